The lowest BCUT2D eigenvalue weighted by atomic mass is 10.3. The predicted molar refractivity (Wildman–Crippen MR) is 54.6 cm³/mol. The van der Waals surface area contributed by atoms with Crippen molar-refractivity contribution in [1.82, 2.24) is 5.32 Å². The molecule has 0 rings (SSSR count). The average molecular weight is 275 g/mol. The van der Waals surface area contributed by atoms with Crippen LogP contribution in [0.1, 0.15) is 6.92 Å². The van der Waals surface area contributed by atoms with Crippen molar-refractivity contribution in [1.29, 1.82) is 0 Å². The Morgan fingerprint density at radius 2 is 1.88 bits per heavy atom. The zero-order chi connectivity index (χ0) is 13.6. The molecule has 0 aliphatic heterocycles. The number of nitrogens with one attached hydrogen (secondary N) is 1. The zero-order valence-electron chi connectivity index (χ0n) is 8.82. The van der Waals surface area contributed by atoms with Crippen LogP contribution in [0.3, 0.4) is 0 Å². The Hall–Kier alpha value is -0.960. The number of alkyl halides is 3. The molecule has 0 aliphatic carbocycles. The lowest BCUT2D eigenvalue weighted by molar-refractivity contribution is -0.195. The van der Waals surface area contributed by atoms with E-state index in [9.17, 15) is 22.8 Å². The number of halogens is 3. The molecule has 9 heteroatoms. The predicted octanol–water partition coefficient (Wildman–Crippen LogP) is 0.232. The number of carboxylic acids is 1. The third-order valence-corrected chi connectivity index (χ3v) is 2.73. The van der Waals surface area contributed by atoms with Crippen LogP contribution in [0, 0.1) is 0 Å². The van der Waals surface area contributed by atoms with E-state index in [1.54, 1.807) is 0 Å². The van der Waals surface area contributed by atoms with Gasteiger partial charge in [0.2, 0.25) is 5.91 Å². The van der Waals surface area contributed by atoms with Gasteiger partial charge in [-0.25, -0.2) is 4.79 Å². The molecule has 0 spiro atoms. The Morgan fingerprint density at radius 1 is 1.35 bits per heavy atom. The summed E-state index contributed by atoms with van der Waals surface area (Å²) < 4.78 is 35.7. The summed E-state index contributed by atoms with van der Waals surface area (Å²) in [5.41, 5.74) is 0. The average Bonchev–Trinajstić information content (AvgIpc) is 2.13. The van der Waals surface area contributed by atoms with Gasteiger partial charge < -0.3 is 15.5 Å². The maximum Gasteiger partial charge on any atom is 0.415 e. The fourth-order valence-electron chi connectivity index (χ4n) is 0.812. The fourth-order valence-corrected chi connectivity index (χ4v) is 1.82. The van der Waals surface area contributed by atoms with E-state index in [4.69, 9.17) is 10.2 Å². The molecule has 0 aromatic carbocycles. The highest BCUT2D eigenvalue weighted by atomic mass is 32.2. The highest BCUT2D eigenvalue weighted by molar-refractivity contribution is 7.99. The molecular formula is C8H12F3NO4S. The maximum absolute atomic E-state index is 11.9. The summed E-state index contributed by atoms with van der Waals surface area (Å²) in [5.74, 6) is -2.85. The fraction of sp³-hybridized carbons (Fsp3) is 0.750. The van der Waals surface area contributed by atoms with Crippen molar-refractivity contribution in [2.24, 2.45) is 0 Å². The molecule has 0 saturated heterocycles. The first-order chi connectivity index (χ1) is 7.64. The third kappa shape index (κ3) is 7.05. The third-order valence-electron chi connectivity index (χ3n) is 1.61. The number of rotatable bonds is 6. The molecule has 3 N–H and O–H groups in total. The van der Waals surface area contributed by atoms with E-state index in [1.807, 2.05) is 0 Å². The van der Waals surface area contributed by atoms with Crippen LogP contribution in [0.15, 0.2) is 0 Å². The van der Waals surface area contributed by atoms with Crippen LogP contribution in [0.25, 0.3) is 0 Å². The summed E-state index contributed by atoms with van der Waals surface area (Å²) in [7, 11) is 0. The molecule has 0 saturated carbocycles. The number of carbonyl (C=O) groups excluding carboxylic acids is 1. The van der Waals surface area contributed by atoms with Crippen molar-refractivity contribution in [2.75, 3.05) is 11.5 Å². The van der Waals surface area contributed by atoms with Crippen molar-refractivity contribution in [3.05, 3.63) is 0 Å². The van der Waals surface area contributed by atoms with Crippen molar-refractivity contribution in [2.45, 2.75) is 25.2 Å². The normalized spacial score (nSPS) is 15.1. The lowest BCUT2D eigenvalue weighted by Gasteiger charge is -2.16. The van der Waals surface area contributed by atoms with E-state index in [0.717, 1.165) is 6.92 Å². The smallest absolute Gasteiger partial charge is 0.415 e. The van der Waals surface area contributed by atoms with Crippen molar-refractivity contribution < 1.29 is 33.0 Å². The molecule has 0 aromatic rings. The van der Waals surface area contributed by atoms with Crippen LogP contribution in [-0.2, 0) is 9.59 Å². The first kappa shape index (κ1) is 16.0. The number of hydrogen-bond donors (Lipinski definition) is 3. The number of amides is 1. The quantitative estimate of drug-likeness (QED) is 0.646. The van der Waals surface area contributed by atoms with Crippen LogP contribution >= 0.6 is 11.8 Å². The molecule has 5 nitrogen and oxygen atoms in total. The van der Waals surface area contributed by atoms with E-state index in [-0.39, 0.29) is 5.75 Å². The Labute approximate surface area is 99.4 Å². The topological polar surface area (TPSA) is 86.6 Å². The minimum absolute atomic E-state index is 0.248. The maximum atomic E-state index is 11.9. The molecule has 17 heavy (non-hydrogen) atoms. The lowest BCUT2D eigenvalue weighted by Crippen LogP contribution is -2.42. The van der Waals surface area contributed by atoms with Crippen LogP contribution in [0.4, 0.5) is 13.2 Å². The van der Waals surface area contributed by atoms with Crippen LogP contribution in [0.2, 0.25) is 0 Å². The first-order valence-corrected chi connectivity index (χ1v) is 5.62. The summed E-state index contributed by atoms with van der Waals surface area (Å²) in [6.45, 7) is 1.10. The van der Waals surface area contributed by atoms with Crippen molar-refractivity contribution in [3.63, 3.8) is 0 Å². The number of carboxylic acid groups (broad SMARTS) is 1. The molecule has 0 aliphatic rings. The van der Waals surface area contributed by atoms with Gasteiger partial charge in [-0.1, -0.05) is 0 Å². The molecule has 0 fully saturated rings. The number of aliphatic hydroxyl groups is 1. The minimum Gasteiger partial charge on any atom is -0.480 e. The highest BCUT2D eigenvalue weighted by Crippen LogP contribution is 2.23. The highest BCUT2D eigenvalue weighted by Gasteiger charge is 2.38. The van der Waals surface area contributed by atoms with Crippen LogP contribution in [0.5, 0.6) is 0 Å². The first-order valence-electron chi connectivity index (χ1n) is 4.47. The van der Waals surface area contributed by atoms with E-state index in [1.165, 1.54) is 0 Å². The molecule has 0 heterocycles. The second-order valence-electron chi connectivity index (χ2n) is 3.19. The summed E-state index contributed by atoms with van der Waals surface area (Å²) >= 11 is 0.601. The molecule has 1 amide bonds. The van der Waals surface area contributed by atoms with Crippen molar-refractivity contribution in [3.8, 4) is 0 Å². The van der Waals surface area contributed by atoms with Gasteiger partial charge in [0.25, 0.3) is 0 Å². The molecular weight excluding hydrogens is 263 g/mol. The summed E-state index contributed by atoms with van der Waals surface area (Å²) in [6, 6.07) is -1.27. The Balaban J connectivity index is 4.07. The summed E-state index contributed by atoms with van der Waals surface area (Å²) in [5, 5.41) is 19.3. The van der Waals surface area contributed by atoms with E-state index in [2.05, 4.69) is 5.32 Å². The van der Waals surface area contributed by atoms with Gasteiger partial charge in [-0.3, -0.25) is 4.79 Å². The van der Waals surface area contributed by atoms with Gasteiger partial charge in [-0.15, -0.1) is 0 Å². The standard InChI is InChI=1S/C8H12F3NO4S/c1-4(13)12-5(7(15)16)2-17-3-6(14)8(9,10)11/h5-6,14H,2-3H2,1H3,(H,12,13)(H,15,16)/t5-,6?/m0/s1. The van der Waals surface area contributed by atoms with E-state index >= 15 is 0 Å². The second kappa shape index (κ2) is 6.70. The summed E-state index contributed by atoms with van der Waals surface area (Å²) in [6.07, 6.45) is -7.22. The Bertz CT molecular complexity index is 284. The van der Waals surface area contributed by atoms with Gasteiger partial charge in [0, 0.05) is 18.4 Å². The Morgan fingerprint density at radius 3 is 2.24 bits per heavy atom. The van der Waals surface area contributed by atoms with Gasteiger partial charge in [0.1, 0.15) is 6.04 Å². The number of aliphatic carboxylic acids is 1. The Kier molecular flexibility index (Phi) is 6.32. The molecule has 1 unspecified atom stereocenters. The number of aliphatic hydroxyl groups excluding tert-OH is 1. The molecule has 100 valence electrons. The van der Waals surface area contributed by atoms with Gasteiger partial charge in [-0.05, 0) is 0 Å². The van der Waals surface area contributed by atoms with Crippen LogP contribution in [-0.4, -0.2) is 51.9 Å². The van der Waals surface area contributed by atoms with Gasteiger partial charge in [0.15, 0.2) is 6.10 Å². The van der Waals surface area contributed by atoms with Crippen LogP contribution < -0.4 is 5.32 Å². The van der Waals surface area contributed by atoms with E-state index < -0.39 is 36.0 Å². The number of carbonyl (C=O) groups is 2. The minimum atomic E-state index is -4.72. The second-order valence-corrected chi connectivity index (χ2v) is 4.26. The number of hydrogen-bond acceptors (Lipinski definition) is 4. The zero-order valence-corrected chi connectivity index (χ0v) is 9.64. The molecule has 0 radical (unpaired) electrons. The SMILES string of the molecule is CC(=O)N[C@@H](CSCC(O)C(F)(F)F)C(=O)O. The van der Waals surface area contributed by atoms with E-state index in [0.29, 0.717) is 11.8 Å². The molecule has 0 aromatic heterocycles. The number of thioether (sulfide) groups is 1. The van der Waals surface area contributed by atoms with Gasteiger partial charge in [-0.2, -0.15) is 24.9 Å². The summed E-state index contributed by atoms with van der Waals surface area (Å²) in [4.78, 5) is 21.2. The van der Waals surface area contributed by atoms with Crippen molar-refractivity contribution >= 4 is 23.6 Å². The molecule has 0 bridgehead atoms. The van der Waals surface area contributed by atoms with Gasteiger partial charge >= 0.3 is 12.1 Å². The largest absolute Gasteiger partial charge is 0.480 e. The monoisotopic (exact) mass is 275 g/mol. The van der Waals surface area contributed by atoms with Gasteiger partial charge in [0.05, 0.1) is 0 Å². The molecule has 2 atom stereocenters.